The number of hydrogen-bond donors (Lipinski definition) is 0. The first kappa shape index (κ1) is 35.6. The number of hydrogen-bond acceptors (Lipinski definition) is 6. The van der Waals surface area contributed by atoms with Crippen LogP contribution in [0.4, 0.5) is 0 Å². The lowest BCUT2D eigenvalue weighted by Crippen LogP contribution is -2.15. The summed E-state index contributed by atoms with van der Waals surface area (Å²) >= 11 is 0. The summed E-state index contributed by atoms with van der Waals surface area (Å²) < 4.78 is 11.0. The number of carbonyl (C=O) groups is 2. The normalized spacial score (nSPS) is 12.2. The van der Waals surface area contributed by atoms with E-state index < -0.39 is 0 Å². The molecule has 0 saturated heterocycles. The molecule has 3 aromatic rings. The van der Waals surface area contributed by atoms with Crippen LogP contribution >= 0.6 is 0 Å². The number of unbranched alkanes of at least 4 members (excludes halogenated alkanes) is 5. The number of benzene rings is 3. The molecule has 3 aromatic carbocycles. The van der Waals surface area contributed by atoms with Gasteiger partial charge in [0.25, 0.3) is 0 Å². The first-order valence-electron chi connectivity index (χ1n) is 17.3. The molecule has 0 unspecified atom stereocenters. The number of rotatable bonds is 15. The summed E-state index contributed by atoms with van der Waals surface area (Å²) in [4.78, 5) is 22.0. The lowest BCUT2D eigenvalue weighted by Gasteiger charge is -2.30. The van der Waals surface area contributed by atoms with E-state index in [1.807, 2.05) is 13.0 Å². The van der Waals surface area contributed by atoms with E-state index in [4.69, 9.17) is 9.47 Å². The zero-order valence-corrected chi connectivity index (χ0v) is 28.4. The zero-order chi connectivity index (χ0) is 33.6. The summed E-state index contributed by atoms with van der Waals surface area (Å²) in [6.45, 7) is 5.05. The van der Waals surface area contributed by atoms with Gasteiger partial charge in [0, 0.05) is 33.0 Å². The van der Waals surface area contributed by atoms with E-state index in [0.29, 0.717) is 36.4 Å². The third-order valence-electron chi connectivity index (χ3n) is 9.24. The largest absolute Gasteiger partial charge is 0.494 e. The van der Waals surface area contributed by atoms with Gasteiger partial charge in [-0.25, -0.2) is 0 Å². The second-order valence-electron chi connectivity index (χ2n) is 12.6. The minimum Gasteiger partial charge on any atom is -0.494 e. The standard InChI is InChI=1S/C31H28N2O2.C10H20O2/c1-20(34)7-3-2-6-16-35-23-12-15-25-22(17-23)11-14-27-29(19-33)28(18-32)26-13-10-21-8-4-5-9-24(21)30(26)31(25)27;1-3-10(11)8-6-4-5-7-9-12-2/h4-5,8-9,12,15,17H,2-3,6-7,10-11,13-14,16H2,1H3;3-9H2,1-2H3. The number of ether oxygens (including phenoxy) is 2. The van der Waals surface area contributed by atoms with Crippen LogP contribution in [0.25, 0.3) is 22.3 Å². The van der Waals surface area contributed by atoms with Crippen molar-refractivity contribution in [2.45, 2.75) is 104 Å². The zero-order valence-electron chi connectivity index (χ0n) is 28.4. The quantitative estimate of drug-likeness (QED) is 0.155. The molecular formula is C41H48N2O4. The summed E-state index contributed by atoms with van der Waals surface area (Å²) in [6.07, 6.45) is 12.7. The second-order valence-corrected chi connectivity index (χ2v) is 12.6. The molecule has 0 N–H and O–H groups in total. The monoisotopic (exact) mass is 632 g/mol. The minimum atomic E-state index is 0.243. The fourth-order valence-electron chi connectivity index (χ4n) is 6.75. The Balaban J connectivity index is 0.000000356. The van der Waals surface area contributed by atoms with Gasteiger partial charge in [0.15, 0.2) is 0 Å². The molecule has 0 radical (unpaired) electrons. The van der Waals surface area contributed by atoms with Gasteiger partial charge in [-0.15, -0.1) is 0 Å². The Hall–Kier alpha value is -4.26. The minimum absolute atomic E-state index is 0.243. The Morgan fingerprint density at radius 1 is 0.723 bits per heavy atom. The maximum Gasteiger partial charge on any atom is 0.132 e. The van der Waals surface area contributed by atoms with Crippen LogP contribution in [0.5, 0.6) is 5.75 Å². The molecule has 47 heavy (non-hydrogen) atoms. The van der Waals surface area contributed by atoms with Gasteiger partial charge < -0.3 is 14.3 Å². The van der Waals surface area contributed by atoms with Crippen molar-refractivity contribution in [1.29, 1.82) is 10.5 Å². The average Bonchev–Trinajstić information content (AvgIpc) is 3.09. The molecule has 246 valence electrons. The van der Waals surface area contributed by atoms with Gasteiger partial charge >= 0.3 is 0 Å². The van der Waals surface area contributed by atoms with Crippen LogP contribution in [0.15, 0.2) is 42.5 Å². The number of ketones is 2. The third-order valence-corrected chi connectivity index (χ3v) is 9.24. The SMILES string of the molecule is CC(=O)CCCCCOc1ccc2c(c1)CCc1c(C#N)c(C#N)c3c(c1-2)-c1ccccc1CC3.CCC(=O)CCCCCCOC. The van der Waals surface area contributed by atoms with Crippen molar-refractivity contribution in [2.75, 3.05) is 20.3 Å². The number of Topliss-reactive ketones (excluding diaryl/α,β-unsaturated/α-hetero) is 2. The molecule has 0 fully saturated rings. The lowest BCUT2D eigenvalue weighted by atomic mass is 9.72. The fraction of sp³-hybridized carbons (Fsp3) is 0.463. The number of nitriles is 2. The van der Waals surface area contributed by atoms with Crippen LogP contribution in [0.2, 0.25) is 0 Å². The van der Waals surface area contributed by atoms with E-state index in [9.17, 15) is 20.1 Å². The predicted octanol–water partition coefficient (Wildman–Crippen LogP) is 9.05. The van der Waals surface area contributed by atoms with Gasteiger partial charge in [0.1, 0.15) is 29.5 Å². The van der Waals surface area contributed by atoms with E-state index in [2.05, 4.69) is 48.5 Å². The van der Waals surface area contributed by atoms with Crippen LogP contribution < -0.4 is 4.74 Å². The van der Waals surface area contributed by atoms with Crippen molar-refractivity contribution in [3.05, 3.63) is 75.8 Å². The third kappa shape index (κ3) is 9.18. The van der Waals surface area contributed by atoms with E-state index in [0.717, 1.165) is 111 Å². The van der Waals surface area contributed by atoms with Crippen molar-refractivity contribution in [2.24, 2.45) is 0 Å². The van der Waals surface area contributed by atoms with E-state index in [-0.39, 0.29) is 5.78 Å². The topological polar surface area (TPSA) is 100 Å². The first-order valence-corrected chi connectivity index (χ1v) is 17.3. The van der Waals surface area contributed by atoms with Crippen molar-refractivity contribution in [3.63, 3.8) is 0 Å². The summed E-state index contributed by atoms with van der Waals surface area (Å²) in [5.41, 5.74) is 10.3. The second kappa shape index (κ2) is 18.2. The van der Waals surface area contributed by atoms with Crippen molar-refractivity contribution < 1.29 is 19.1 Å². The van der Waals surface area contributed by atoms with Crippen LogP contribution in [-0.4, -0.2) is 31.9 Å². The first-order chi connectivity index (χ1) is 22.9. The highest BCUT2D eigenvalue weighted by Crippen LogP contribution is 2.49. The Kier molecular flexibility index (Phi) is 13.8. The van der Waals surface area contributed by atoms with Gasteiger partial charge in [-0.1, -0.05) is 50.1 Å². The molecule has 2 aliphatic carbocycles. The summed E-state index contributed by atoms with van der Waals surface area (Å²) in [6, 6.07) is 19.5. The molecule has 0 heterocycles. The molecule has 6 nitrogen and oxygen atoms in total. The van der Waals surface area contributed by atoms with Crippen LogP contribution in [0, 0.1) is 22.7 Å². The number of fused-ring (bicyclic) bond motifs is 7. The van der Waals surface area contributed by atoms with Gasteiger partial charge in [0.05, 0.1) is 17.7 Å². The molecule has 0 aliphatic heterocycles. The smallest absolute Gasteiger partial charge is 0.132 e. The van der Waals surface area contributed by atoms with Gasteiger partial charge in [-0.2, -0.15) is 10.5 Å². The Bertz CT molecular complexity index is 1640. The molecule has 6 heteroatoms. The number of aryl methyl sites for hydroxylation is 2. The fourth-order valence-corrected chi connectivity index (χ4v) is 6.75. The van der Waals surface area contributed by atoms with Crippen molar-refractivity contribution in [1.82, 2.24) is 0 Å². The number of methoxy groups -OCH3 is 1. The molecule has 0 saturated carbocycles. The highest BCUT2D eigenvalue weighted by molar-refractivity contribution is 5.95. The summed E-state index contributed by atoms with van der Waals surface area (Å²) in [5.74, 6) is 1.50. The van der Waals surface area contributed by atoms with Crippen LogP contribution in [-0.2, 0) is 40.0 Å². The molecule has 0 aromatic heterocycles. The highest BCUT2D eigenvalue weighted by atomic mass is 16.5. The molecule has 2 aliphatic rings. The maximum absolute atomic E-state index is 11.1. The van der Waals surface area contributed by atoms with Crippen LogP contribution in [0.3, 0.4) is 0 Å². The molecule has 0 amide bonds. The Labute approximate surface area is 280 Å². The number of nitrogens with zero attached hydrogens (tertiary/aromatic N) is 2. The summed E-state index contributed by atoms with van der Waals surface area (Å²) in [5, 5.41) is 20.1. The van der Waals surface area contributed by atoms with Crippen LogP contribution in [0.1, 0.15) is 111 Å². The van der Waals surface area contributed by atoms with Gasteiger partial charge in [-0.05, 0) is 121 Å². The molecule has 0 spiro atoms. The molecule has 0 bridgehead atoms. The summed E-state index contributed by atoms with van der Waals surface area (Å²) in [7, 11) is 1.72. The van der Waals surface area contributed by atoms with E-state index in [1.54, 1.807) is 14.0 Å². The predicted molar refractivity (Wildman–Crippen MR) is 186 cm³/mol. The average molecular weight is 633 g/mol. The van der Waals surface area contributed by atoms with Gasteiger partial charge in [0.2, 0.25) is 0 Å². The maximum atomic E-state index is 11.1. The highest BCUT2D eigenvalue weighted by Gasteiger charge is 2.31. The molecule has 5 rings (SSSR count). The molecule has 0 atom stereocenters. The van der Waals surface area contributed by atoms with Crippen molar-refractivity contribution >= 4 is 11.6 Å². The van der Waals surface area contributed by atoms with E-state index in [1.165, 1.54) is 23.1 Å². The van der Waals surface area contributed by atoms with Crippen molar-refractivity contribution in [3.8, 4) is 40.1 Å². The lowest BCUT2D eigenvalue weighted by molar-refractivity contribution is -0.119. The van der Waals surface area contributed by atoms with Gasteiger partial charge in [-0.3, -0.25) is 4.79 Å². The number of carbonyl (C=O) groups excluding carboxylic acids is 2. The Morgan fingerprint density at radius 3 is 1.98 bits per heavy atom. The molecular weight excluding hydrogens is 584 g/mol. The Morgan fingerprint density at radius 2 is 1.32 bits per heavy atom. The van der Waals surface area contributed by atoms with E-state index >= 15 is 0 Å².